The van der Waals surface area contributed by atoms with Gasteiger partial charge in [0.25, 0.3) is 0 Å². The Labute approximate surface area is 143 Å². The summed E-state index contributed by atoms with van der Waals surface area (Å²) in [5.41, 5.74) is -0.371. The lowest BCUT2D eigenvalue weighted by Gasteiger charge is -2.19. The van der Waals surface area contributed by atoms with Crippen molar-refractivity contribution in [1.29, 1.82) is 0 Å². The highest BCUT2D eigenvalue weighted by atomic mass is 32.2. The van der Waals surface area contributed by atoms with Gasteiger partial charge in [-0.3, -0.25) is 14.9 Å². The fourth-order valence-electron chi connectivity index (χ4n) is 1.42. The van der Waals surface area contributed by atoms with E-state index >= 15 is 0 Å². The Morgan fingerprint density at radius 3 is 2.30 bits per heavy atom. The smallest absolute Gasteiger partial charge is 0.321 e. The van der Waals surface area contributed by atoms with Crippen LogP contribution in [-0.4, -0.2) is 57.7 Å². The number of ketones is 1. The maximum atomic E-state index is 12.0. The molecule has 10 heteroatoms. The molecule has 23 heavy (non-hydrogen) atoms. The highest BCUT2D eigenvalue weighted by molar-refractivity contribution is 8.03. The van der Waals surface area contributed by atoms with Gasteiger partial charge in [-0.2, -0.15) is 0 Å². The van der Waals surface area contributed by atoms with Gasteiger partial charge in [-0.1, -0.05) is 23.1 Å². The predicted molar refractivity (Wildman–Crippen MR) is 90.8 cm³/mol. The summed E-state index contributed by atoms with van der Waals surface area (Å²) in [5, 5.41) is 12.5. The van der Waals surface area contributed by atoms with Crippen molar-refractivity contribution in [1.82, 2.24) is 20.4 Å². The molecule has 1 heterocycles. The number of rotatable bonds is 5. The third-order valence-corrected chi connectivity index (χ3v) is 4.59. The summed E-state index contributed by atoms with van der Waals surface area (Å²) in [5.74, 6) is -0.568. The number of carbonyl (C=O) groups excluding carboxylic acids is 3. The second-order valence-electron chi connectivity index (χ2n) is 6.04. The minimum absolute atomic E-state index is 0.260. The number of nitrogens with one attached hydrogen (secondary N) is 2. The van der Waals surface area contributed by atoms with E-state index in [4.69, 9.17) is 0 Å². The molecular weight excluding hydrogens is 338 g/mol. The first-order chi connectivity index (χ1) is 10.5. The Hall–Kier alpha value is -1.68. The lowest BCUT2D eigenvalue weighted by atomic mass is 10.1. The number of carbonyl (C=O) groups is 3. The number of aromatic nitrogens is 2. The molecule has 1 atom stereocenters. The molecule has 0 aromatic carbocycles. The van der Waals surface area contributed by atoms with Crippen molar-refractivity contribution >= 4 is 46.0 Å². The topological polar surface area (TPSA) is 104 Å². The normalized spacial score (nSPS) is 12.4. The summed E-state index contributed by atoms with van der Waals surface area (Å²) in [7, 11) is 3.17. The van der Waals surface area contributed by atoms with Gasteiger partial charge < -0.3 is 10.2 Å². The zero-order valence-electron chi connectivity index (χ0n) is 14.0. The molecule has 0 aliphatic carbocycles. The summed E-state index contributed by atoms with van der Waals surface area (Å²) in [6.45, 7) is 6.94. The number of amides is 3. The van der Waals surface area contributed by atoms with Crippen LogP contribution in [0.25, 0.3) is 0 Å². The molecule has 0 aliphatic heterocycles. The van der Waals surface area contributed by atoms with Crippen LogP contribution in [0.5, 0.6) is 0 Å². The SMILES string of the molecule is CC(=O)[C@@H](Sc1nnc(NC(=O)NC(C)(C)C)s1)C(=O)N(C)C. The maximum absolute atomic E-state index is 12.0. The summed E-state index contributed by atoms with van der Waals surface area (Å²) in [6, 6.07) is -0.391. The van der Waals surface area contributed by atoms with Crippen LogP contribution in [0.3, 0.4) is 0 Å². The van der Waals surface area contributed by atoms with Gasteiger partial charge in [0.1, 0.15) is 5.25 Å². The monoisotopic (exact) mass is 359 g/mol. The molecule has 0 saturated heterocycles. The Morgan fingerprint density at radius 1 is 1.22 bits per heavy atom. The highest BCUT2D eigenvalue weighted by Crippen LogP contribution is 2.30. The number of urea groups is 1. The molecule has 3 amide bonds. The van der Waals surface area contributed by atoms with E-state index in [1.807, 2.05) is 20.8 Å². The van der Waals surface area contributed by atoms with Crippen LogP contribution in [-0.2, 0) is 9.59 Å². The van der Waals surface area contributed by atoms with E-state index in [1.54, 1.807) is 14.1 Å². The summed E-state index contributed by atoms with van der Waals surface area (Å²) < 4.78 is 0.437. The fourth-order valence-corrected chi connectivity index (χ4v) is 3.38. The van der Waals surface area contributed by atoms with Crippen molar-refractivity contribution in [3.8, 4) is 0 Å². The molecule has 8 nitrogen and oxygen atoms in total. The number of thioether (sulfide) groups is 1. The zero-order chi connectivity index (χ0) is 17.8. The molecule has 1 rings (SSSR count). The van der Waals surface area contributed by atoms with Crippen LogP contribution in [0.15, 0.2) is 4.34 Å². The lowest BCUT2D eigenvalue weighted by Crippen LogP contribution is -2.43. The van der Waals surface area contributed by atoms with Crippen molar-refractivity contribution in [3.05, 3.63) is 0 Å². The van der Waals surface area contributed by atoms with Gasteiger partial charge in [-0.05, 0) is 27.7 Å². The molecule has 1 aromatic rings. The first-order valence-corrected chi connectivity index (χ1v) is 8.50. The second kappa shape index (κ2) is 7.73. The lowest BCUT2D eigenvalue weighted by molar-refractivity contribution is -0.132. The molecule has 0 aliphatic rings. The molecule has 0 spiro atoms. The molecular formula is C13H21N5O3S2. The van der Waals surface area contributed by atoms with Crippen LogP contribution < -0.4 is 10.6 Å². The molecule has 0 radical (unpaired) electrons. The second-order valence-corrected chi connectivity index (χ2v) is 8.37. The average Bonchev–Trinajstić information content (AvgIpc) is 2.79. The molecule has 0 saturated carbocycles. The summed E-state index contributed by atoms with van der Waals surface area (Å²) in [4.78, 5) is 36.8. The number of Topliss-reactive ketones (excluding diaryl/α,β-unsaturated/α-hetero) is 1. The quantitative estimate of drug-likeness (QED) is 0.470. The van der Waals surface area contributed by atoms with E-state index in [-0.39, 0.29) is 17.2 Å². The van der Waals surface area contributed by atoms with Crippen LogP contribution in [0.4, 0.5) is 9.93 Å². The molecule has 128 valence electrons. The Kier molecular flexibility index (Phi) is 6.51. The summed E-state index contributed by atoms with van der Waals surface area (Å²) in [6.07, 6.45) is 0. The van der Waals surface area contributed by atoms with E-state index in [0.717, 1.165) is 23.1 Å². The minimum Gasteiger partial charge on any atom is -0.347 e. The predicted octanol–water partition coefficient (Wildman–Crippen LogP) is 1.60. The standard InChI is InChI=1S/C13H21N5O3S2/c1-7(19)8(9(20)18(5)6)22-12-17-16-11(23-12)14-10(21)15-13(2,3)4/h8H,1-6H3,(H2,14,15,16,21)/t8-/m1/s1. The van der Waals surface area contributed by atoms with Crippen molar-refractivity contribution in [3.63, 3.8) is 0 Å². The Bertz CT molecular complexity index is 595. The molecule has 0 fully saturated rings. The molecule has 1 aromatic heterocycles. The highest BCUT2D eigenvalue weighted by Gasteiger charge is 2.28. The first kappa shape index (κ1) is 19.4. The maximum Gasteiger partial charge on any atom is 0.321 e. The number of hydrogen-bond acceptors (Lipinski definition) is 7. The Morgan fingerprint density at radius 2 is 1.83 bits per heavy atom. The molecule has 2 N–H and O–H groups in total. The van der Waals surface area contributed by atoms with Gasteiger partial charge in [-0.15, -0.1) is 10.2 Å². The van der Waals surface area contributed by atoms with E-state index in [9.17, 15) is 14.4 Å². The number of nitrogens with zero attached hydrogens (tertiary/aromatic N) is 3. The van der Waals surface area contributed by atoms with E-state index < -0.39 is 11.3 Å². The first-order valence-electron chi connectivity index (χ1n) is 6.80. The van der Waals surface area contributed by atoms with Gasteiger partial charge in [0.15, 0.2) is 10.1 Å². The molecule has 0 bridgehead atoms. The van der Waals surface area contributed by atoms with Crippen molar-refractivity contribution in [2.75, 3.05) is 19.4 Å². The van der Waals surface area contributed by atoms with Gasteiger partial charge in [-0.25, -0.2) is 4.79 Å². The average molecular weight is 359 g/mol. The van der Waals surface area contributed by atoms with Gasteiger partial charge in [0.2, 0.25) is 11.0 Å². The largest absolute Gasteiger partial charge is 0.347 e. The van der Waals surface area contributed by atoms with E-state index in [1.165, 1.54) is 11.8 Å². The van der Waals surface area contributed by atoms with Gasteiger partial charge >= 0.3 is 6.03 Å². The van der Waals surface area contributed by atoms with Crippen molar-refractivity contribution in [2.24, 2.45) is 0 Å². The third kappa shape index (κ3) is 6.53. The van der Waals surface area contributed by atoms with Gasteiger partial charge in [0, 0.05) is 19.6 Å². The number of hydrogen-bond donors (Lipinski definition) is 2. The fraction of sp³-hybridized carbons (Fsp3) is 0.615. The van der Waals surface area contributed by atoms with Crippen LogP contribution in [0.1, 0.15) is 27.7 Å². The van der Waals surface area contributed by atoms with Crippen LogP contribution >= 0.6 is 23.1 Å². The zero-order valence-corrected chi connectivity index (χ0v) is 15.6. The van der Waals surface area contributed by atoms with Gasteiger partial charge in [0.05, 0.1) is 0 Å². The van der Waals surface area contributed by atoms with E-state index in [2.05, 4.69) is 20.8 Å². The van der Waals surface area contributed by atoms with Crippen LogP contribution in [0, 0.1) is 0 Å². The van der Waals surface area contributed by atoms with Crippen molar-refractivity contribution in [2.45, 2.75) is 42.8 Å². The summed E-state index contributed by atoms with van der Waals surface area (Å²) >= 11 is 2.13. The Balaban J connectivity index is 2.74. The number of anilines is 1. The minimum atomic E-state index is -0.866. The van der Waals surface area contributed by atoms with Crippen LogP contribution in [0.2, 0.25) is 0 Å². The third-order valence-electron chi connectivity index (χ3n) is 2.37. The van der Waals surface area contributed by atoms with Crippen molar-refractivity contribution < 1.29 is 14.4 Å². The molecule has 0 unspecified atom stereocenters. The van der Waals surface area contributed by atoms with E-state index in [0.29, 0.717) is 9.47 Å².